The van der Waals surface area contributed by atoms with Crippen LogP contribution in [0.2, 0.25) is 0 Å². The minimum atomic E-state index is -3.61. The number of rotatable bonds is 9. The largest absolute Gasteiger partial charge is 0.394 e. The number of sulfonamides is 1. The molecule has 1 aromatic carbocycles. The standard InChI is InChI=1S/C18H36N4O11.C13H15FN2O2S/c19-2-6-10(25)12(27)13(28)18(30-6)33-16-5(21)1-4(20)15(14(16)29)32-17-11(26)8(22)9(24)7(3-23)31-17;1-3-8-15-13-9(2)12(19(17,18)16-13)10-4-6-11(14)7-5-10/h4-18,23-29H,1-3,19-22H2;4-7H,3,8H2,1-2H3,(H,15,16)/t4-,5+,6-,7-,8+,9-,10-,11-,12+,13-,14-,15+,16-,17-,18-;/m1./s1. The summed E-state index contributed by atoms with van der Waals surface area (Å²) in [6.45, 7) is 3.46. The van der Waals surface area contributed by atoms with Crippen molar-refractivity contribution in [2.45, 2.75) is 118 Å². The van der Waals surface area contributed by atoms with Crippen LogP contribution in [0.15, 0.2) is 34.8 Å². The van der Waals surface area contributed by atoms with Crippen LogP contribution < -0.4 is 27.7 Å². The first-order valence-corrected chi connectivity index (χ1v) is 18.3. The average molecular weight is 767 g/mol. The SMILES string of the molecule is CCCN=C1NS(=O)(=O)C(c2ccc(F)cc2)=C1C.NC[C@H]1O[C@H](O[C@H]2[C@H](O)[C@@H](O[C@H]3O[C@H](CO)[C@@H](O)[C@H](N)[C@H]3O)[C@H](N)C[C@@H]2N)[C@H](O)[C@@H](O)[C@@H]1O. The Hall–Kier alpha value is -2.29. The lowest BCUT2D eigenvalue weighted by Gasteiger charge is -2.48. The van der Waals surface area contributed by atoms with E-state index >= 15 is 0 Å². The molecule has 16 N–H and O–H groups in total. The van der Waals surface area contributed by atoms with Crippen molar-refractivity contribution in [1.82, 2.24) is 4.72 Å². The van der Waals surface area contributed by atoms with Crippen LogP contribution in [-0.4, -0.2) is 161 Å². The summed E-state index contributed by atoms with van der Waals surface area (Å²) in [7, 11) is -3.61. The Balaban J connectivity index is 0.000000269. The zero-order valence-electron chi connectivity index (χ0n) is 28.6. The van der Waals surface area contributed by atoms with Crippen molar-refractivity contribution in [3.63, 3.8) is 0 Å². The number of halogens is 1. The third-order valence-electron chi connectivity index (χ3n) is 9.28. The van der Waals surface area contributed by atoms with Gasteiger partial charge in [-0.2, -0.15) is 0 Å². The molecule has 5 rings (SSSR count). The third-order valence-corrected chi connectivity index (χ3v) is 10.8. The molecule has 0 spiro atoms. The second kappa shape index (κ2) is 17.9. The first kappa shape index (κ1) is 42.5. The number of hydrogen-bond acceptors (Lipinski definition) is 18. The van der Waals surface area contributed by atoms with Gasteiger partial charge in [-0.15, -0.1) is 0 Å². The summed E-state index contributed by atoms with van der Waals surface area (Å²) >= 11 is 0. The summed E-state index contributed by atoms with van der Waals surface area (Å²) in [4.78, 5) is 4.37. The van der Waals surface area contributed by atoms with Gasteiger partial charge >= 0.3 is 0 Å². The number of benzene rings is 1. The number of amidine groups is 1. The van der Waals surface area contributed by atoms with Crippen molar-refractivity contribution in [3.8, 4) is 0 Å². The first-order valence-electron chi connectivity index (χ1n) is 16.8. The number of nitrogens with zero attached hydrogens (tertiary/aromatic N) is 1. The molecule has 3 fully saturated rings. The van der Waals surface area contributed by atoms with Gasteiger partial charge in [-0.05, 0) is 37.5 Å². The van der Waals surface area contributed by atoms with E-state index in [2.05, 4.69) is 9.71 Å². The van der Waals surface area contributed by atoms with Gasteiger partial charge in [0.2, 0.25) is 0 Å². The summed E-state index contributed by atoms with van der Waals surface area (Å²) in [5.74, 6) is -0.0218. The Kier molecular flexibility index (Phi) is 14.6. The highest BCUT2D eigenvalue weighted by Gasteiger charge is 2.51. The highest BCUT2D eigenvalue weighted by atomic mass is 32.2. The van der Waals surface area contributed by atoms with Gasteiger partial charge in [-0.25, -0.2) is 12.8 Å². The molecule has 4 aliphatic rings. The zero-order valence-corrected chi connectivity index (χ0v) is 29.4. The Bertz CT molecular complexity index is 1460. The molecule has 2 saturated heterocycles. The second-order valence-corrected chi connectivity index (χ2v) is 14.7. The zero-order chi connectivity index (χ0) is 38.7. The molecule has 0 bridgehead atoms. The van der Waals surface area contributed by atoms with Crippen LogP contribution in [0, 0.1) is 5.82 Å². The smallest absolute Gasteiger partial charge is 0.264 e. The predicted molar refractivity (Wildman–Crippen MR) is 181 cm³/mol. The maximum Gasteiger partial charge on any atom is 0.264 e. The van der Waals surface area contributed by atoms with Gasteiger partial charge in [0, 0.05) is 30.7 Å². The molecule has 21 heteroatoms. The lowest BCUT2D eigenvalue weighted by molar-refractivity contribution is -0.332. The van der Waals surface area contributed by atoms with Gasteiger partial charge in [-0.1, -0.05) is 19.1 Å². The number of aliphatic hydroxyl groups excluding tert-OH is 7. The monoisotopic (exact) mass is 766 g/mol. The molecule has 3 aliphatic heterocycles. The second-order valence-electron chi connectivity index (χ2n) is 13.1. The summed E-state index contributed by atoms with van der Waals surface area (Å²) < 4.78 is 61.7. The van der Waals surface area contributed by atoms with Crippen LogP contribution >= 0.6 is 0 Å². The summed E-state index contributed by atoms with van der Waals surface area (Å²) in [6, 6.07) is 2.53. The predicted octanol–water partition coefficient (Wildman–Crippen LogP) is -4.99. The summed E-state index contributed by atoms with van der Waals surface area (Å²) in [6.07, 6.45) is -15.6. The molecule has 1 aromatic rings. The number of aliphatic imine (C=N–C) groups is 1. The average Bonchev–Trinajstić information content (AvgIpc) is 3.34. The molecule has 15 atom stereocenters. The summed E-state index contributed by atoms with van der Waals surface area (Å²) in [5, 5.41) is 70.9. The number of nitrogens with one attached hydrogen (secondary N) is 1. The van der Waals surface area contributed by atoms with Gasteiger partial charge < -0.3 is 77.6 Å². The van der Waals surface area contributed by atoms with Crippen LogP contribution in [0.25, 0.3) is 4.91 Å². The molecule has 3 heterocycles. The van der Waals surface area contributed by atoms with Gasteiger partial charge in [-0.3, -0.25) is 9.71 Å². The molecule has 296 valence electrons. The fourth-order valence-electron chi connectivity index (χ4n) is 6.31. The highest BCUT2D eigenvalue weighted by Crippen LogP contribution is 2.32. The fraction of sp³-hybridized carbons (Fsp3) is 0.710. The molecule has 0 aromatic heterocycles. The summed E-state index contributed by atoms with van der Waals surface area (Å²) in [5.41, 5.74) is 24.5. The van der Waals surface area contributed by atoms with E-state index in [9.17, 15) is 48.6 Å². The Morgan fingerprint density at radius 1 is 0.865 bits per heavy atom. The van der Waals surface area contributed by atoms with Crippen molar-refractivity contribution in [3.05, 3.63) is 41.2 Å². The molecule has 0 amide bonds. The molecular weight excluding hydrogens is 715 g/mol. The molecule has 1 saturated carbocycles. The normalized spacial score (nSPS) is 41.3. The van der Waals surface area contributed by atoms with E-state index in [1.54, 1.807) is 6.92 Å². The van der Waals surface area contributed by atoms with E-state index in [0.717, 1.165) is 6.42 Å². The molecule has 1 aliphatic carbocycles. The number of nitrogens with two attached hydrogens (primary N) is 4. The van der Waals surface area contributed by atoms with E-state index in [-0.39, 0.29) is 17.9 Å². The Morgan fingerprint density at radius 2 is 1.42 bits per heavy atom. The van der Waals surface area contributed by atoms with E-state index in [1.165, 1.54) is 24.3 Å². The van der Waals surface area contributed by atoms with Gasteiger partial charge in [0.1, 0.15) is 77.6 Å². The quantitative estimate of drug-likeness (QED) is 0.112. The van der Waals surface area contributed by atoms with Gasteiger partial charge in [0.25, 0.3) is 10.0 Å². The van der Waals surface area contributed by atoms with Crippen LogP contribution in [-0.2, 0) is 29.0 Å². The van der Waals surface area contributed by atoms with Crippen LogP contribution in [0.1, 0.15) is 32.3 Å². The van der Waals surface area contributed by atoms with Gasteiger partial charge in [0.05, 0.1) is 12.6 Å². The lowest BCUT2D eigenvalue weighted by atomic mass is 9.84. The maximum atomic E-state index is 12.9. The van der Waals surface area contributed by atoms with E-state index in [0.29, 0.717) is 23.5 Å². The Labute approximate surface area is 300 Å². The van der Waals surface area contributed by atoms with E-state index < -0.39 is 114 Å². The van der Waals surface area contributed by atoms with E-state index in [1.807, 2.05) is 6.92 Å². The fourth-order valence-corrected chi connectivity index (χ4v) is 7.83. The molecule has 0 unspecified atom stereocenters. The van der Waals surface area contributed by atoms with Crippen LogP contribution in [0.5, 0.6) is 0 Å². The van der Waals surface area contributed by atoms with Gasteiger partial charge in [0.15, 0.2) is 12.6 Å². The lowest BCUT2D eigenvalue weighted by Crippen LogP contribution is -2.68. The highest BCUT2D eigenvalue weighted by molar-refractivity contribution is 8.00. The van der Waals surface area contributed by atoms with Crippen molar-refractivity contribution in [2.75, 3.05) is 19.7 Å². The van der Waals surface area contributed by atoms with Crippen molar-refractivity contribution < 1.29 is 67.5 Å². The molecule has 19 nitrogen and oxygen atoms in total. The first-order chi connectivity index (χ1) is 24.5. The maximum absolute atomic E-state index is 12.9. The molecule has 52 heavy (non-hydrogen) atoms. The third kappa shape index (κ3) is 9.14. The van der Waals surface area contributed by atoms with Crippen LogP contribution in [0.3, 0.4) is 0 Å². The number of aliphatic hydroxyl groups is 7. The molecular formula is C31H51FN6O13S. The minimum absolute atomic E-state index is 0.0849. The number of hydrogen-bond donors (Lipinski definition) is 12. The number of ether oxygens (including phenoxy) is 4. The Morgan fingerprint density at radius 3 is 1.96 bits per heavy atom. The van der Waals surface area contributed by atoms with Crippen molar-refractivity contribution >= 4 is 20.8 Å². The van der Waals surface area contributed by atoms with E-state index in [4.69, 9.17) is 41.9 Å². The molecule has 0 radical (unpaired) electrons. The van der Waals surface area contributed by atoms with Crippen molar-refractivity contribution in [1.29, 1.82) is 0 Å². The van der Waals surface area contributed by atoms with Crippen molar-refractivity contribution in [2.24, 2.45) is 27.9 Å². The van der Waals surface area contributed by atoms with Crippen LogP contribution in [0.4, 0.5) is 4.39 Å². The topological polar surface area (TPSA) is 341 Å². The minimum Gasteiger partial charge on any atom is -0.394 e.